The maximum Gasteiger partial charge on any atom is 0.419 e. The first-order chi connectivity index (χ1) is 9.70. The summed E-state index contributed by atoms with van der Waals surface area (Å²) in [4.78, 5) is 13.5. The molecule has 1 amide bonds. The minimum absolute atomic E-state index is 0.0352. The molecule has 1 heterocycles. The van der Waals surface area contributed by atoms with Crippen molar-refractivity contribution in [2.45, 2.75) is 25.6 Å². The van der Waals surface area contributed by atoms with Gasteiger partial charge in [-0.1, -0.05) is 6.92 Å². The zero-order valence-electron chi connectivity index (χ0n) is 11.3. The number of amides is 1. The lowest BCUT2D eigenvalue weighted by Crippen LogP contribution is -2.45. The summed E-state index contributed by atoms with van der Waals surface area (Å²) >= 11 is 0. The van der Waals surface area contributed by atoms with Gasteiger partial charge in [-0.2, -0.15) is 13.2 Å². The van der Waals surface area contributed by atoms with Crippen molar-refractivity contribution in [1.82, 2.24) is 4.90 Å². The Morgan fingerprint density at radius 3 is 2.62 bits per heavy atom. The highest BCUT2D eigenvalue weighted by molar-refractivity contribution is 5.94. The van der Waals surface area contributed by atoms with E-state index in [9.17, 15) is 27.5 Å². The van der Waals surface area contributed by atoms with Crippen LogP contribution in [0.2, 0.25) is 0 Å². The fraction of sp³-hybridized carbons (Fsp3) is 0.500. The van der Waals surface area contributed by atoms with Crippen LogP contribution in [0.3, 0.4) is 0 Å². The molecule has 116 valence electrons. The number of aliphatic hydroxyl groups excluding tert-OH is 1. The van der Waals surface area contributed by atoms with Crippen molar-refractivity contribution in [2.75, 3.05) is 13.1 Å². The zero-order chi connectivity index (χ0) is 15.8. The number of carbonyl (C=O) groups is 1. The SMILES string of the molecule is CC1CCN(C(=O)c2ccc(F)c(C(F)(F)F)c2)CC1O. The van der Waals surface area contributed by atoms with Gasteiger partial charge in [0.2, 0.25) is 0 Å². The van der Waals surface area contributed by atoms with Crippen LogP contribution in [0.25, 0.3) is 0 Å². The van der Waals surface area contributed by atoms with Crippen molar-refractivity contribution in [3.63, 3.8) is 0 Å². The van der Waals surface area contributed by atoms with Crippen molar-refractivity contribution in [2.24, 2.45) is 5.92 Å². The van der Waals surface area contributed by atoms with Crippen molar-refractivity contribution in [1.29, 1.82) is 0 Å². The Labute approximate surface area is 119 Å². The molecule has 0 aliphatic carbocycles. The van der Waals surface area contributed by atoms with Gasteiger partial charge in [-0.25, -0.2) is 4.39 Å². The number of rotatable bonds is 1. The number of likely N-dealkylation sites (tertiary alicyclic amines) is 1. The van der Waals surface area contributed by atoms with Gasteiger partial charge in [-0.15, -0.1) is 0 Å². The van der Waals surface area contributed by atoms with Gasteiger partial charge in [-0.05, 0) is 30.5 Å². The molecule has 1 aromatic rings. The molecule has 1 N–H and O–H groups in total. The van der Waals surface area contributed by atoms with Crippen LogP contribution >= 0.6 is 0 Å². The highest BCUT2D eigenvalue weighted by Gasteiger charge is 2.35. The third-order valence-corrected chi connectivity index (χ3v) is 3.72. The van der Waals surface area contributed by atoms with E-state index in [1.54, 1.807) is 0 Å². The number of alkyl halides is 3. The predicted octanol–water partition coefficient (Wildman–Crippen LogP) is 2.69. The number of hydrogen-bond donors (Lipinski definition) is 1. The third-order valence-electron chi connectivity index (χ3n) is 3.72. The van der Waals surface area contributed by atoms with Gasteiger partial charge in [0.15, 0.2) is 0 Å². The van der Waals surface area contributed by atoms with Crippen LogP contribution in [-0.4, -0.2) is 35.1 Å². The van der Waals surface area contributed by atoms with Crippen molar-refractivity contribution in [3.05, 3.63) is 35.1 Å². The molecule has 1 aromatic carbocycles. The zero-order valence-corrected chi connectivity index (χ0v) is 11.3. The number of benzene rings is 1. The summed E-state index contributed by atoms with van der Waals surface area (Å²) in [7, 11) is 0. The highest BCUT2D eigenvalue weighted by atomic mass is 19.4. The van der Waals surface area contributed by atoms with Crippen LogP contribution in [0.1, 0.15) is 29.3 Å². The second-order valence-electron chi connectivity index (χ2n) is 5.28. The van der Waals surface area contributed by atoms with E-state index in [1.807, 2.05) is 6.92 Å². The smallest absolute Gasteiger partial charge is 0.391 e. The van der Waals surface area contributed by atoms with Crippen LogP contribution in [-0.2, 0) is 6.18 Å². The van der Waals surface area contributed by atoms with Gasteiger partial charge in [-0.3, -0.25) is 4.79 Å². The van der Waals surface area contributed by atoms with Gasteiger partial charge in [0.25, 0.3) is 5.91 Å². The first-order valence-corrected chi connectivity index (χ1v) is 6.54. The Morgan fingerprint density at radius 1 is 1.38 bits per heavy atom. The molecule has 7 heteroatoms. The largest absolute Gasteiger partial charge is 0.419 e. The number of nitrogens with zero attached hydrogens (tertiary/aromatic N) is 1. The second-order valence-corrected chi connectivity index (χ2v) is 5.28. The number of aliphatic hydroxyl groups is 1. The molecule has 0 radical (unpaired) electrons. The molecule has 0 saturated carbocycles. The molecule has 3 nitrogen and oxygen atoms in total. The Hall–Kier alpha value is -1.63. The molecule has 0 spiro atoms. The van der Waals surface area contributed by atoms with Gasteiger partial charge >= 0.3 is 6.18 Å². The molecule has 1 aliphatic rings. The van der Waals surface area contributed by atoms with Crippen LogP contribution in [0, 0.1) is 11.7 Å². The minimum atomic E-state index is -4.85. The normalized spacial score (nSPS) is 23.2. The number of β-amino-alcohol motifs (C(OH)–C–C–N with tert-alkyl or cyclic N) is 1. The summed E-state index contributed by atoms with van der Waals surface area (Å²) in [6.45, 7) is 2.26. The molecule has 2 unspecified atom stereocenters. The molecule has 1 fully saturated rings. The van der Waals surface area contributed by atoms with E-state index in [0.29, 0.717) is 25.1 Å². The minimum Gasteiger partial charge on any atom is -0.391 e. The summed E-state index contributed by atoms with van der Waals surface area (Å²) in [5, 5.41) is 9.74. The molecule has 2 atom stereocenters. The number of piperidine rings is 1. The Morgan fingerprint density at radius 2 is 2.05 bits per heavy atom. The number of halogens is 4. The molecule has 21 heavy (non-hydrogen) atoms. The Kier molecular flexibility index (Phi) is 4.22. The lowest BCUT2D eigenvalue weighted by atomic mass is 9.95. The van der Waals surface area contributed by atoms with Gasteiger partial charge in [0, 0.05) is 18.7 Å². The first-order valence-electron chi connectivity index (χ1n) is 6.54. The van der Waals surface area contributed by atoms with E-state index in [2.05, 4.69) is 0 Å². The maximum absolute atomic E-state index is 13.2. The Balaban J connectivity index is 2.24. The van der Waals surface area contributed by atoms with Gasteiger partial charge in [0.1, 0.15) is 5.82 Å². The number of carbonyl (C=O) groups excluding carboxylic acids is 1. The van der Waals surface area contributed by atoms with Crippen LogP contribution in [0.15, 0.2) is 18.2 Å². The predicted molar refractivity (Wildman–Crippen MR) is 67.1 cm³/mol. The summed E-state index contributed by atoms with van der Waals surface area (Å²) < 4.78 is 51.1. The van der Waals surface area contributed by atoms with Crippen LogP contribution < -0.4 is 0 Å². The monoisotopic (exact) mass is 305 g/mol. The third kappa shape index (κ3) is 3.34. The number of hydrogen-bond acceptors (Lipinski definition) is 2. The lowest BCUT2D eigenvalue weighted by Gasteiger charge is -2.34. The molecule has 2 rings (SSSR count). The fourth-order valence-corrected chi connectivity index (χ4v) is 2.29. The topological polar surface area (TPSA) is 40.5 Å². The van der Waals surface area contributed by atoms with E-state index >= 15 is 0 Å². The van der Waals surface area contributed by atoms with E-state index in [-0.39, 0.29) is 18.0 Å². The van der Waals surface area contributed by atoms with Crippen molar-refractivity contribution < 1.29 is 27.5 Å². The van der Waals surface area contributed by atoms with Crippen molar-refractivity contribution >= 4 is 5.91 Å². The van der Waals surface area contributed by atoms with E-state index in [0.717, 1.165) is 6.07 Å². The standard InChI is InChI=1S/C14H15F4NO2/c1-8-4-5-19(7-12(8)20)13(21)9-2-3-11(15)10(6-9)14(16,17)18/h2-3,6,8,12,20H,4-5,7H2,1H3. The van der Waals surface area contributed by atoms with E-state index < -0.39 is 29.6 Å². The fourth-order valence-electron chi connectivity index (χ4n) is 2.29. The second kappa shape index (κ2) is 5.63. The Bertz CT molecular complexity index is 544. The summed E-state index contributed by atoms with van der Waals surface area (Å²) in [6, 6.07) is 2.18. The lowest BCUT2D eigenvalue weighted by molar-refractivity contribution is -0.140. The highest BCUT2D eigenvalue weighted by Crippen LogP contribution is 2.32. The van der Waals surface area contributed by atoms with Gasteiger partial charge < -0.3 is 10.0 Å². The molecular weight excluding hydrogens is 290 g/mol. The molecule has 1 saturated heterocycles. The van der Waals surface area contributed by atoms with E-state index in [1.165, 1.54) is 4.90 Å². The molecular formula is C14H15F4NO2. The average molecular weight is 305 g/mol. The summed E-state index contributed by atoms with van der Waals surface area (Å²) in [6.07, 6.45) is -4.98. The molecule has 0 bridgehead atoms. The van der Waals surface area contributed by atoms with E-state index in [4.69, 9.17) is 0 Å². The summed E-state index contributed by atoms with van der Waals surface area (Å²) in [5.74, 6) is -2.01. The van der Waals surface area contributed by atoms with Crippen LogP contribution in [0.4, 0.5) is 17.6 Å². The van der Waals surface area contributed by atoms with Gasteiger partial charge in [0.05, 0.1) is 11.7 Å². The first kappa shape index (κ1) is 15.8. The molecule has 1 aliphatic heterocycles. The van der Waals surface area contributed by atoms with Crippen molar-refractivity contribution in [3.8, 4) is 0 Å². The maximum atomic E-state index is 13.2. The average Bonchev–Trinajstić information content (AvgIpc) is 2.40. The quantitative estimate of drug-likeness (QED) is 0.810. The van der Waals surface area contributed by atoms with Crippen LogP contribution in [0.5, 0.6) is 0 Å². The molecule has 0 aromatic heterocycles. The summed E-state index contributed by atoms with van der Waals surface area (Å²) in [5.41, 5.74) is -1.69.